The molecule has 0 aromatic carbocycles. The largest absolute Gasteiger partial charge is 0.466 e. The summed E-state index contributed by atoms with van der Waals surface area (Å²) in [7, 11) is 0. The van der Waals surface area contributed by atoms with E-state index in [1.165, 1.54) is 23.1 Å². The molecule has 2 heterocycles. The molecule has 0 radical (unpaired) electrons. The minimum Gasteiger partial charge on any atom is -0.466 e. The number of carbonyl (C=O) groups is 2. The number of carbonyl (C=O) groups excluding carboxylic acids is 2. The Hall–Kier alpha value is -1.94. The average Bonchev–Trinajstić information content (AvgIpc) is 3.20. The first-order valence-corrected chi connectivity index (χ1v) is 9.87. The molecule has 10 heteroatoms. The van der Waals surface area contributed by atoms with Gasteiger partial charge in [-0.2, -0.15) is 0 Å². The SMILES string of the molecule is CCOC(=O)Cc1csc(NC(=O)CSc2nnc(C)n2C2CC2)n1. The van der Waals surface area contributed by atoms with Crippen molar-refractivity contribution in [1.29, 1.82) is 0 Å². The second-order valence-corrected chi connectivity index (χ2v) is 7.39. The molecule has 1 fully saturated rings. The Labute approximate surface area is 153 Å². The summed E-state index contributed by atoms with van der Waals surface area (Å²) in [5.41, 5.74) is 0.593. The molecule has 0 saturated heterocycles. The molecule has 3 rings (SSSR count). The topological polar surface area (TPSA) is 99.0 Å². The van der Waals surface area contributed by atoms with Gasteiger partial charge in [0.1, 0.15) is 5.82 Å². The number of aryl methyl sites for hydroxylation is 1. The smallest absolute Gasteiger partial charge is 0.311 e. The van der Waals surface area contributed by atoms with E-state index in [1.807, 2.05) is 6.92 Å². The average molecular weight is 381 g/mol. The molecule has 25 heavy (non-hydrogen) atoms. The molecule has 0 bridgehead atoms. The molecule has 1 saturated carbocycles. The van der Waals surface area contributed by atoms with Gasteiger partial charge in [-0.25, -0.2) is 4.98 Å². The fraction of sp³-hybridized carbons (Fsp3) is 0.533. The molecular formula is C15H19N5O3S2. The lowest BCUT2D eigenvalue weighted by Crippen LogP contribution is -2.15. The van der Waals surface area contributed by atoms with Crippen LogP contribution < -0.4 is 5.32 Å². The number of hydrogen-bond acceptors (Lipinski definition) is 8. The van der Waals surface area contributed by atoms with E-state index in [0.29, 0.717) is 23.5 Å². The van der Waals surface area contributed by atoms with Gasteiger partial charge in [0.15, 0.2) is 10.3 Å². The Balaban J connectivity index is 1.50. The molecule has 0 spiro atoms. The molecule has 0 unspecified atom stereocenters. The quantitative estimate of drug-likeness (QED) is 0.553. The molecule has 1 aliphatic carbocycles. The number of amides is 1. The Morgan fingerprint density at radius 3 is 2.96 bits per heavy atom. The van der Waals surface area contributed by atoms with Gasteiger partial charge in [0, 0.05) is 11.4 Å². The van der Waals surface area contributed by atoms with E-state index in [1.54, 1.807) is 12.3 Å². The van der Waals surface area contributed by atoms with Crippen LogP contribution in [0, 0.1) is 6.92 Å². The Morgan fingerprint density at radius 2 is 2.24 bits per heavy atom. The highest BCUT2D eigenvalue weighted by molar-refractivity contribution is 7.99. The normalized spacial score (nSPS) is 13.7. The van der Waals surface area contributed by atoms with Crippen molar-refractivity contribution in [2.45, 2.75) is 44.3 Å². The van der Waals surface area contributed by atoms with Crippen molar-refractivity contribution in [3.05, 3.63) is 16.9 Å². The van der Waals surface area contributed by atoms with Gasteiger partial charge in [0.2, 0.25) is 5.91 Å². The molecule has 2 aromatic heterocycles. The minimum atomic E-state index is -0.323. The van der Waals surface area contributed by atoms with E-state index in [-0.39, 0.29) is 24.1 Å². The number of nitrogens with one attached hydrogen (secondary N) is 1. The van der Waals surface area contributed by atoms with Gasteiger partial charge in [-0.05, 0) is 26.7 Å². The highest BCUT2D eigenvalue weighted by atomic mass is 32.2. The van der Waals surface area contributed by atoms with Crippen LogP contribution in [0.3, 0.4) is 0 Å². The number of thioether (sulfide) groups is 1. The zero-order valence-electron chi connectivity index (χ0n) is 14.0. The van der Waals surface area contributed by atoms with Gasteiger partial charge in [-0.15, -0.1) is 21.5 Å². The molecule has 2 aromatic rings. The van der Waals surface area contributed by atoms with E-state index in [2.05, 4.69) is 25.1 Å². The zero-order chi connectivity index (χ0) is 17.8. The third-order valence-corrected chi connectivity index (χ3v) is 5.26. The summed E-state index contributed by atoms with van der Waals surface area (Å²) >= 11 is 2.66. The summed E-state index contributed by atoms with van der Waals surface area (Å²) in [5, 5.41) is 14.0. The number of hydrogen-bond donors (Lipinski definition) is 1. The second-order valence-electron chi connectivity index (χ2n) is 5.59. The van der Waals surface area contributed by atoms with Crippen LogP contribution in [0.5, 0.6) is 0 Å². The predicted octanol–water partition coefficient (Wildman–Crippen LogP) is 2.21. The van der Waals surface area contributed by atoms with Crippen LogP contribution in [-0.4, -0.2) is 44.0 Å². The first kappa shape index (κ1) is 17.9. The van der Waals surface area contributed by atoms with Gasteiger partial charge in [-0.3, -0.25) is 9.59 Å². The molecule has 8 nitrogen and oxygen atoms in total. The third kappa shape index (κ3) is 4.79. The second kappa shape index (κ2) is 7.96. The minimum absolute atomic E-state index is 0.110. The van der Waals surface area contributed by atoms with Crippen LogP contribution in [0.4, 0.5) is 5.13 Å². The molecule has 134 valence electrons. The molecule has 0 aliphatic heterocycles. The maximum atomic E-state index is 12.1. The van der Waals surface area contributed by atoms with Crippen molar-refractivity contribution in [2.24, 2.45) is 0 Å². The van der Waals surface area contributed by atoms with Gasteiger partial charge < -0.3 is 14.6 Å². The molecule has 1 amide bonds. The lowest BCUT2D eigenvalue weighted by Gasteiger charge is -2.06. The lowest BCUT2D eigenvalue weighted by molar-refractivity contribution is -0.142. The molecule has 1 aliphatic rings. The predicted molar refractivity (Wildman–Crippen MR) is 94.8 cm³/mol. The highest BCUT2D eigenvalue weighted by Gasteiger charge is 2.28. The number of esters is 1. The summed E-state index contributed by atoms with van der Waals surface area (Å²) in [6, 6.07) is 0.477. The Morgan fingerprint density at radius 1 is 1.44 bits per heavy atom. The maximum Gasteiger partial charge on any atom is 0.311 e. The first-order valence-electron chi connectivity index (χ1n) is 8.01. The summed E-state index contributed by atoms with van der Waals surface area (Å²) in [6.45, 7) is 4.03. The lowest BCUT2D eigenvalue weighted by atomic mass is 10.3. The summed E-state index contributed by atoms with van der Waals surface area (Å²) in [5.74, 6) is 0.632. The van der Waals surface area contributed by atoms with Crippen LogP contribution in [0.2, 0.25) is 0 Å². The monoisotopic (exact) mass is 381 g/mol. The number of nitrogens with zero attached hydrogens (tertiary/aromatic N) is 4. The van der Waals surface area contributed by atoms with Crippen molar-refractivity contribution in [2.75, 3.05) is 17.7 Å². The first-order chi connectivity index (χ1) is 12.1. The fourth-order valence-electron chi connectivity index (χ4n) is 2.29. The Kier molecular flexibility index (Phi) is 5.69. The molecular weight excluding hydrogens is 362 g/mol. The van der Waals surface area contributed by atoms with Crippen LogP contribution in [0.25, 0.3) is 0 Å². The van der Waals surface area contributed by atoms with Crippen LogP contribution in [-0.2, 0) is 20.7 Å². The van der Waals surface area contributed by atoms with Crippen molar-refractivity contribution in [3.63, 3.8) is 0 Å². The number of ether oxygens (including phenoxy) is 1. The van der Waals surface area contributed by atoms with Crippen LogP contribution in [0.15, 0.2) is 10.5 Å². The summed E-state index contributed by atoms with van der Waals surface area (Å²) in [6.07, 6.45) is 2.39. The number of aromatic nitrogens is 4. The van der Waals surface area contributed by atoms with Crippen molar-refractivity contribution in [3.8, 4) is 0 Å². The third-order valence-electron chi connectivity index (χ3n) is 3.51. The zero-order valence-corrected chi connectivity index (χ0v) is 15.7. The maximum absolute atomic E-state index is 12.1. The van der Waals surface area contributed by atoms with Gasteiger partial charge in [0.25, 0.3) is 0 Å². The van der Waals surface area contributed by atoms with Gasteiger partial charge in [0.05, 0.1) is 24.5 Å². The van der Waals surface area contributed by atoms with Gasteiger partial charge in [-0.1, -0.05) is 11.8 Å². The van der Waals surface area contributed by atoms with E-state index in [4.69, 9.17) is 4.74 Å². The van der Waals surface area contributed by atoms with E-state index in [0.717, 1.165) is 23.8 Å². The summed E-state index contributed by atoms with van der Waals surface area (Å²) in [4.78, 5) is 27.8. The van der Waals surface area contributed by atoms with Crippen molar-refractivity contribution in [1.82, 2.24) is 19.7 Å². The number of thiazole rings is 1. The van der Waals surface area contributed by atoms with E-state index >= 15 is 0 Å². The standard InChI is InChI=1S/C15H19N5O3S2/c1-3-23-13(22)6-10-7-24-14(16-10)17-12(21)8-25-15-19-18-9(2)20(15)11-4-5-11/h7,11H,3-6,8H2,1-2H3,(H,16,17,21). The van der Waals surface area contributed by atoms with E-state index < -0.39 is 0 Å². The highest BCUT2D eigenvalue weighted by Crippen LogP contribution is 2.38. The van der Waals surface area contributed by atoms with Crippen molar-refractivity contribution < 1.29 is 14.3 Å². The molecule has 0 atom stereocenters. The van der Waals surface area contributed by atoms with E-state index in [9.17, 15) is 9.59 Å². The fourth-order valence-corrected chi connectivity index (χ4v) is 3.87. The van der Waals surface area contributed by atoms with Crippen LogP contribution in [0.1, 0.15) is 37.3 Å². The number of anilines is 1. The summed E-state index contributed by atoms with van der Waals surface area (Å²) < 4.78 is 6.98. The Bertz CT molecular complexity index is 769. The van der Waals surface area contributed by atoms with Crippen molar-refractivity contribution >= 4 is 40.1 Å². The van der Waals surface area contributed by atoms with Gasteiger partial charge >= 0.3 is 5.97 Å². The van der Waals surface area contributed by atoms with Crippen LogP contribution >= 0.6 is 23.1 Å². The number of rotatable bonds is 8. The molecule has 1 N–H and O–H groups in total.